The monoisotopic (exact) mass is 442 g/mol. The number of rotatable bonds is 4. The van der Waals surface area contributed by atoms with E-state index in [2.05, 4.69) is 21.2 Å². The van der Waals surface area contributed by atoms with Crippen molar-refractivity contribution in [3.63, 3.8) is 0 Å². The van der Waals surface area contributed by atoms with Crippen LogP contribution in [-0.4, -0.2) is 44.9 Å². The molecule has 6 nitrogen and oxygen atoms in total. The van der Waals surface area contributed by atoms with Crippen LogP contribution >= 0.6 is 15.9 Å². The molecule has 1 fully saturated rings. The van der Waals surface area contributed by atoms with Gasteiger partial charge >= 0.3 is 0 Å². The average molecular weight is 443 g/mol. The first-order valence-electron chi connectivity index (χ1n) is 7.82. The highest BCUT2D eigenvalue weighted by atomic mass is 79.9. The molecule has 1 amide bonds. The molecule has 0 aromatic heterocycles. The molecule has 9 heteroatoms. The van der Waals surface area contributed by atoms with Crippen LogP contribution in [0, 0.1) is 5.82 Å². The summed E-state index contributed by atoms with van der Waals surface area (Å²) in [4.78, 5) is 11.9. The summed E-state index contributed by atoms with van der Waals surface area (Å²) in [7, 11) is -4.04. The number of sulfonamides is 1. The molecule has 1 saturated heterocycles. The second-order valence-electron chi connectivity index (χ2n) is 5.62. The van der Waals surface area contributed by atoms with Gasteiger partial charge in [-0.25, -0.2) is 12.8 Å². The van der Waals surface area contributed by atoms with E-state index < -0.39 is 26.6 Å². The number of morpholine rings is 1. The normalized spacial score (nSPS) is 15.6. The zero-order chi connectivity index (χ0) is 18.7. The molecule has 3 rings (SSSR count). The molecule has 2 aromatic rings. The molecule has 0 spiro atoms. The van der Waals surface area contributed by atoms with Crippen LogP contribution < -0.4 is 5.32 Å². The standard InChI is InChI=1S/C17H16BrFN2O4S/c18-13-2-4-14(5-3-13)20-17(22)12-1-6-15(19)16(11-12)26(23,24)21-7-9-25-10-8-21/h1-6,11H,7-10H2,(H,20,22). The molecule has 0 radical (unpaired) electrons. The molecule has 0 aliphatic carbocycles. The van der Waals surface area contributed by atoms with Crippen molar-refractivity contribution < 1.29 is 22.3 Å². The number of ether oxygens (including phenoxy) is 1. The Morgan fingerprint density at radius 1 is 1.12 bits per heavy atom. The van der Waals surface area contributed by atoms with E-state index in [1.807, 2.05) is 0 Å². The maximum Gasteiger partial charge on any atom is 0.255 e. The molecule has 0 atom stereocenters. The maximum atomic E-state index is 14.2. The van der Waals surface area contributed by atoms with Gasteiger partial charge < -0.3 is 10.1 Å². The number of halogens is 2. The van der Waals surface area contributed by atoms with E-state index in [1.165, 1.54) is 6.07 Å². The number of amides is 1. The van der Waals surface area contributed by atoms with Crippen molar-refractivity contribution in [3.8, 4) is 0 Å². The first kappa shape index (κ1) is 19.0. The summed E-state index contributed by atoms with van der Waals surface area (Å²) in [6, 6.07) is 10.2. The van der Waals surface area contributed by atoms with Crippen LogP contribution in [0.25, 0.3) is 0 Å². The molecule has 1 heterocycles. The van der Waals surface area contributed by atoms with Gasteiger partial charge in [-0.1, -0.05) is 15.9 Å². The van der Waals surface area contributed by atoms with E-state index in [-0.39, 0.29) is 31.9 Å². The highest BCUT2D eigenvalue weighted by Gasteiger charge is 2.29. The number of hydrogen-bond acceptors (Lipinski definition) is 4. The van der Waals surface area contributed by atoms with Crippen molar-refractivity contribution in [1.82, 2.24) is 4.31 Å². The topological polar surface area (TPSA) is 75.7 Å². The lowest BCUT2D eigenvalue weighted by Crippen LogP contribution is -2.41. The van der Waals surface area contributed by atoms with Crippen LogP contribution in [0.15, 0.2) is 51.8 Å². The third-order valence-corrected chi connectivity index (χ3v) is 6.33. The first-order chi connectivity index (χ1) is 12.4. The third kappa shape index (κ3) is 4.12. The Hall–Kier alpha value is -1.81. The van der Waals surface area contributed by atoms with Gasteiger partial charge in [-0.2, -0.15) is 4.31 Å². The number of nitrogens with one attached hydrogen (secondary N) is 1. The van der Waals surface area contributed by atoms with Crippen LogP contribution in [0.5, 0.6) is 0 Å². The van der Waals surface area contributed by atoms with E-state index in [1.54, 1.807) is 24.3 Å². The minimum absolute atomic E-state index is 0.0566. The molecular weight excluding hydrogens is 427 g/mol. The van der Waals surface area contributed by atoms with Crippen molar-refractivity contribution in [2.45, 2.75) is 4.90 Å². The van der Waals surface area contributed by atoms with Crippen LogP contribution in [0.3, 0.4) is 0 Å². The maximum absolute atomic E-state index is 14.2. The van der Waals surface area contributed by atoms with Gasteiger partial charge in [0.15, 0.2) is 0 Å². The highest BCUT2D eigenvalue weighted by Crippen LogP contribution is 2.22. The molecule has 26 heavy (non-hydrogen) atoms. The van der Waals surface area contributed by atoms with E-state index in [9.17, 15) is 17.6 Å². The van der Waals surface area contributed by atoms with Gasteiger partial charge in [0.25, 0.3) is 5.91 Å². The van der Waals surface area contributed by atoms with E-state index in [4.69, 9.17) is 4.74 Å². The summed E-state index contributed by atoms with van der Waals surface area (Å²) in [5, 5.41) is 2.65. The zero-order valence-corrected chi connectivity index (χ0v) is 16.0. The number of benzene rings is 2. The molecule has 138 valence electrons. The minimum Gasteiger partial charge on any atom is -0.379 e. The van der Waals surface area contributed by atoms with E-state index >= 15 is 0 Å². The van der Waals surface area contributed by atoms with Gasteiger partial charge in [-0.3, -0.25) is 4.79 Å². The number of anilines is 1. The second-order valence-corrected chi connectivity index (χ2v) is 8.44. The molecule has 1 aliphatic rings. The number of carbonyl (C=O) groups is 1. The lowest BCUT2D eigenvalue weighted by atomic mass is 10.2. The van der Waals surface area contributed by atoms with Crippen molar-refractivity contribution >= 4 is 37.5 Å². The summed E-state index contributed by atoms with van der Waals surface area (Å²) in [5.74, 6) is -1.41. The van der Waals surface area contributed by atoms with E-state index in [0.29, 0.717) is 5.69 Å². The smallest absolute Gasteiger partial charge is 0.255 e. The fourth-order valence-corrected chi connectivity index (χ4v) is 4.27. The van der Waals surface area contributed by atoms with Gasteiger partial charge in [0.05, 0.1) is 13.2 Å². The fourth-order valence-electron chi connectivity index (χ4n) is 2.50. The summed E-state index contributed by atoms with van der Waals surface area (Å²) in [6.45, 7) is 0.809. The first-order valence-corrected chi connectivity index (χ1v) is 10.1. The molecule has 2 aromatic carbocycles. The second kappa shape index (κ2) is 7.83. The predicted octanol–water partition coefficient (Wildman–Crippen LogP) is 2.86. The Labute approximate surface area is 159 Å². The fraction of sp³-hybridized carbons (Fsp3) is 0.235. The average Bonchev–Trinajstić information content (AvgIpc) is 2.64. The largest absolute Gasteiger partial charge is 0.379 e. The number of nitrogens with zero attached hydrogens (tertiary/aromatic N) is 1. The Morgan fingerprint density at radius 2 is 1.77 bits per heavy atom. The van der Waals surface area contributed by atoms with Gasteiger partial charge in [-0.15, -0.1) is 0 Å². The molecule has 1 N–H and O–H groups in total. The minimum atomic E-state index is -4.04. The van der Waals surface area contributed by atoms with Crippen molar-refractivity contribution in [2.24, 2.45) is 0 Å². The van der Waals surface area contributed by atoms with Crippen LogP contribution in [0.4, 0.5) is 10.1 Å². The predicted molar refractivity (Wildman–Crippen MR) is 98.1 cm³/mol. The highest BCUT2D eigenvalue weighted by molar-refractivity contribution is 9.10. The molecule has 0 saturated carbocycles. The lowest BCUT2D eigenvalue weighted by Gasteiger charge is -2.26. The molecule has 0 unspecified atom stereocenters. The third-order valence-electron chi connectivity index (χ3n) is 3.88. The summed E-state index contributed by atoms with van der Waals surface area (Å²) in [6.07, 6.45) is 0. The molecule has 1 aliphatic heterocycles. The number of hydrogen-bond donors (Lipinski definition) is 1. The zero-order valence-electron chi connectivity index (χ0n) is 13.6. The Kier molecular flexibility index (Phi) is 5.71. The van der Waals surface area contributed by atoms with Gasteiger partial charge in [0, 0.05) is 28.8 Å². The molecule has 0 bridgehead atoms. The quantitative estimate of drug-likeness (QED) is 0.789. The van der Waals surface area contributed by atoms with Gasteiger partial charge in [-0.05, 0) is 42.5 Å². The Morgan fingerprint density at radius 3 is 2.42 bits per heavy atom. The van der Waals surface area contributed by atoms with Gasteiger partial charge in [0.1, 0.15) is 10.7 Å². The van der Waals surface area contributed by atoms with E-state index in [0.717, 1.165) is 20.9 Å². The number of carbonyl (C=O) groups excluding carboxylic acids is 1. The summed E-state index contributed by atoms with van der Waals surface area (Å²) < 4.78 is 46.7. The Bertz CT molecular complexity index is 913. The summed E-state index contributed by atoms with van der Waals surface area (Å²) >= 11 is 3.30. The molecular formula is C17H16BrFN2O4S. The Balaban J connectivity index is 1.87. The van der Waals surface area contributed by atoms with Crippen molar-refractivity contribution in [3.05, 3.63) is 58.3 Å². The van der Waals surface area contributed by atoms with Crippen molar-refractivity contribution in [1.29, 1.82) is 0 Å². The lowest BCUT2D eigenvalue weighted by molar-refractivity contribution is 0.0729. The van der Waals surface area contributed by atoms with Crippen LogP contribution in [-0.2, 0) is 14.8 Å². The SMILES string of the molecule is O=C(Nc1ccc(Br)cc1)c1ccc(F)c(S(=O)(=O)N2CCOCC2)c1. The van der Waals surface area contributed by atoms with Crippen molar-refractivity contribution in [2.75, 3.05) is 31.6 Å². The van der Waals surface area contributed by atoms with Crippen LogP contribution in [0.2, 0.25) is 0 Å². The van der Waals surface area contributed by atoms with Crippen LogP contribution in [0.1, 0.15) is 10.4 Å². The van der Waals surface area contributed by atoms with Gasteiger partial charge in [0.2, 0.25) is 10.0 Å². The summed E-state index contributed by atoms with van der Waals surface area (Å²) in [5.41, 5.74) is 0.598.